The monoisotopic (exact) mass is 181 g/mol. The molecule has 1 saturated carbocycles. The molecular weight excluding hydrogens is 166 g/mol. The smallest absolute Gasteiger partial charge is 0.0963 e. The molecule has 1 atom stereocenters. The van der Waals surface area contributed by atoms with E-state index in [2.05, 4.69) is 25.8 Å². The van der Waals surface area contributed by atoms with Gasteiger partial charge in [-0.1, -0.05) is 13.8 Å². The third kappa shape index (κ3) is 1.18. The Hall–Kier alpha value is -0.370. The van der Waals surface area contributed by atoms with Crippen molar-refractivity contribution in [1.82, 2.24) is 4.98 Å². The quantitative estimate of drug-likeness (QED) is 0.647. The van der Waals surface area contributed by atoms with Crippen LogP contribution in [0.3, 0.4) is 0 Å². The molecule has 0 spiro atoms. The SMILES string of the molecule is Cc1cnc(C2CCC2(C)C)s1. The van der Waals surface area contributed by atoms with Crippen molar-refractivity contribution < 1.29 is 0 Å². The fourth-order valence-corrected chi connectivity index (χ4v) is 2.98. The summed E-state index contributed by atoms with van der Waals surface area (Å²) in [5.41, 5.74) is 0.504. The van der Waals surface area contributed by atoms with Crippen LogP contribution in [0.5, 0.6) is 0 Å². The Kier molecular flexibility index (Phi) is 1.76. The summed E-state index contributed by atoms with van der Waals surface area (Å²) in [4.78, 5) is 5.79. The number of rotatable bonds is 1. The van der Waals surface area contributed by atoms with E-state index >= 15 is 0 Å². The minimum Gasteiger partial charge on any atom is -0.249 e. The third-order valence-electron chi connectivity index (χ3n) is 2.96. The summed E-state index contributed by atoms with van der Waals surface area (Å²) in [5.74, 6) is 0.733. The Morgan fingerprint density at radius 2 is 2.33 bits per heavy atom. The van der Waals surface area contributed by atoms with Gasteiger partial charge in [0.15, 0.2) is 0 Å². The molecule has 1 aliphatic carbocycles. The van der Waals surface area contributed by atoms with Crippen LogP contribution in [0.25, 0.3) is 0 Å². The zero-order valence-corrected chi connectivity index (χ0v) is 8.74. The molecule has 2 heteroatoms. The van der Waals surface area contributed by atoms with E-state index in [4.69, 9.17) is 0 Å². The molecule has 2 rings (SSSR count). The van der Waals surface area contributed by atoms with Crippen LogP contribution in [0.4, 0.5) is 0 Å². The van der Waals surface area contributed by atoms with Gasteiger partial charge in [0.05, 0.1) is 5.01 Å². The predicted molar refractivity (Wildman–Crippen MR) is 52.6 cm³/mol. The van der Waals surface area contributed by atoms with Gasteiger partial charge in [0.2, 0.25) is 0 Å². The average Bonchev–Trinajstić information content (AvgIpc) is 2.34. The van der Waals surface area contributed by atoms with Gasteiger partial charge in [-0.25, -0.2) is 4.98 Å². The fraction of sp³-hybridized carbons (Fsp3) is 0.700. The van der Waals surface area contributed by atoms with E-state index in [0.717, 1.165) is 5.92 Å². The molecule has 12 heavy (non-hydrogen) atoms. The minimum absolute atomic E-state index is 0.504. The summed E-state index contributed by atoms with van der Waals surface area (Å²) >= 11 is 1.86. The van der Waals surface area contributed by atoms with Crippen molar-refractivity contribution in [3.8, 4) is 0 Å². The molecule has 1 aromatic rings. The molecule has 1 nitrogen and oxygen atoms in total. The first-order valence-corrected chi connectivity index (χ1v) is 5.33. The fourth-order valence-electron chi connectivity index (χ4n) is 1.86. The highest BCUT2D eigenvalue weighted by molar-refractivity contribution is 7.11. The molecule has 0 bridgehead atoms. The number of aryl methyl sites for hydroxylation is 1. The molecule has 0 aromatic carbocycles. The maximum absolute atomic E-state index is 4.45. The highest BCUT2D eigenvalue weighted by atomic mass is 32.1. The molecule has 1 unspecified atom stereocenters. The second kappa shape index (κ2) is 2.56. The van der Waals surface area contributed by atoms with Gasteiger partial charge in [-0.05, 0) is 25.2 Å². The molecule has 1 aromatic heterocycles. The van der Waals surface area contributed by atoms with Crippen molar-refractivity contribution in [1.29, 1.82) is 0 Å². The Labute approximate surface area is 77.8 Å². The van der Waals surface area contributed by atoms with E-state index in [0.29, 0.717) is 5.41 Å². The van der Waals surface area contributed by atoms with Crippen molar-refractivity contribution in [3.63, 3.8) is 0 Å². The second-order valence-electron chi connectivity index (χ2n) is 4.39. The first-order valence-electron chi connectivity index (χ1n) is 4.52. The molecule has 1 aliphatic rings. The van der Waals surface area contributed by atoms with E-state index in [1.807, 2.05) is 17.5 Å². The number of aromatic nitrogens is 1. The van der Waals surface area contributed by atoms with Gasteiger partial charge < -0.3 is 0 Å². The Balaban J connectivity index is 2.21. The average molecular weight is 181 g/mol. The van der Waals surface area contributed by atoms with Gasteiger partial charge in [0, 0.05) is 17.0 Å². The molecule has 0 aliphatic heterocycles. The highest BCUT2D eigenvalue weighted by Crippen LogP contribution is 2.52. The van der Waals surface area contributed by atoms with Crippen molar-refractivity contribution in [2.75, 3.05) is 0 Å². The van der Waals surface area contributed by atoms with Crippen LogP contribution in [0.2, 0.25) is 0 Å². The van der Waals surface area contributed by atoms with Crippen molar-refractivity contribution >= 4 is 11.3 Å². The topological polar surface area (TPSA) is 12.9 Å². The summed E-state index contributed by atoms with van der Waals surface area (Å²) in [5, 5.41) is 1.35. The predicted octanol–water partition coefficient (Wildman–Crippen LogP) is 3.36. The molecule has 0 saturated heterocycles. The lowest BCUT2D eigenvalue weighted by Crippen LogP contribution is -2.32. The summed E-state index contributed by atoms with van der Waals surface area (Å²) in [6, 6.07) is 0. The number of hydrogen-bond donors (Lipinski definition) is 0. The van der Waals surface area contributed by atoms with Crippen molar-refractivity contribution in [3.05, 3.63) is 16.1 Å². The van der Waals surface area contributed by atoms with Gasteiger partial charge in [0.1, 0.15) is 0 Å². The maximum Gasteiger partial charge on any atom is 0.0963 e. The number of thiazole rings is 1. The first-order chi connectivity index (χ1) is 5.59. The maximum atomic E-state index is 4.45. The second-order valence-corrected chi connectivity index (χ2v) is 5.66. The largest absolute Gasteiger partial charge is 0.249 e. The van der Waals surface area contributed by atoms with Crippen LogP contribution < -0.4 is 0 Å². The van der Waals surface area contributed by atoms with Crippen LogP contribution in [-0.2, 0) is 0 Å². The van der Waals surface area contributed by atoms with Gasteiger partial charge in [0.25, 0.3) is 0 Å². The number of nitrogens with zero attached hydrogens (tertiary/aromatic N) is 1. The Morgan fingerprint density at radius 1 is 1.58 bits per heavy atom. The zero-order chi connectivity index (χ0) is 8.77. The highest BCUT2D eigenvalue weighted by Gasteiger charge is 2.40. The van der Waals surface area contributed by atoms with E-state index < -0.39 is 0 Å². The lowest BCUT2D eigenvalue weighted by atomic mass is 9.63. The summed E-state index contributed by atoms with van der Waals surface area (Å²) < 4.78 is 0. The lowest BCUT2D eigenvalue weighted by Gasteiger charge is -2.43. The molecule has 1 heterocycles. The van der Waals surface area contributed by atoms with Gasteiger partial charge in [-0.2, -0.15) is 0 Å². The zero-order valence-electron chi connectivity index (χ0n) is 7.92. The third-order valence-corrected chi connectivity index (χ3v) is 3.98. The van der Waals surface area contributed by atoms with Crippen molar-refractivity contribution in [2.45, 2.75) is 39.5 Å². The van der Waals surface area contributed by atoms with Crippen LogP contribution >= 0.6 is 11.3 Å². The van der Waals surface area contributed by atoms with Gasteiger partial charge in [-0.3, -0.25) is 0 Å². The molecule has 1 fully saturated rings. The molecule has 66 valence electrons. The first kappa shape index (κ1) is 8.24. The van der Waals surface area contributed by atoms with Crippen LogP contribution in [-0.4, -0.2) is 4.98 Å². The van der Waals surface area contributed by atoms with E-state index in [1.54, 1.807) is 0 Å². The molecule has 0 N–H and O–H groups in total. The van der Waals surface area contributed by atoms with Gasteiger partial charge >= 0.3 is 0 Å². The Bertz CT molecular complexity index is 288. The summed E-state index contributed by atoms with van der Waals surface area (Å²) in [7, 11) is 0. The van der Waals surface area contributed by atoms with E-state index in [1.165, 1.54) is 22.7 Å². The van der Waals surface area contributed by atoms with Crippen LogP contribution in [0, 0.1) is 12.3 Å². The number of hydrogen-bond acceptors (Lipinski definition) is 2. The standard InChI is InChI=1S/C10H15NS/c1-7-6-11-9(12-7)8-4-5-10(8,2)3/h6,8H,4-5H2,1-3H3. The lowest BCUT2D eigenvalue weighted by molar-refractivity contribution is 0.139. The summed E-state index contributed by atoms with van der Waals surface area (Å²) in [6.45, 7) is 6.82. The van der Waals surface area contributed by atoms with E-state index in [-0.39, 0.29) is 0 Å². The molecular formula is C10H15NS. The normalized spacial score (nSPS) is 26.8. The van der Waals surface area contributed by atoms with Gasteiger partial charge in [-0.15, -0.1) is 11.3 Å². The van der Waals surface area contributed by atoms with Crippen LogP contribution in [0.15, 0.2) is 6.20 Å². The van der Waals surface area contributed by atoms with E-state index in [9.17, 15) is 0 Å². The molecule has 0 amide bonds. The molecule has 0 radical (unpaired) electrons. The Morgan fingerprint density at radius 3 is 2.67 bits per heavy atom. The van der Waals surface area contributed by atoms with Crippen LogP contribution in [0.1, 0.15) is 42.5 Å². The minimum atomic E-state index is 0.504. The van der Waals surface area contributed by atoms with Crippen molar-refractivity contribution in [2.24, 2.45) is 5.41 Å². The summed E-state index contributed by atoms with van der Waals surface area (Å²) in [6.07, 6.45) is 4.69.